The smallest absolute Gasteiger partial charge is 0.307 e. The van der Waals surface area contributed by atoms with Crippen LogP contribution in [0, 0.1) is 0 Å². The van der Waals surface area contributed by atoms with Gasteiger partial charge in [0.2, 0.25) is 5.91 Å². The van der Waals surface area contributed by atoms with Crippen molar-refractivity contribution in [3.05, 3.63) is 29.8 Å². The molecule has 6 nitrogen and oxygen atoms in total. The Labute approximate surface area is 135 Å². The van der Waals surface area contributed by atoms with E-state index in [0.29, 0.717) is 25.4 Å². The van der Waals surface area contributed by atoms with Gasteiger partial charge < -0.3 is 9.64 Å². The summed E-state index contributed by atoms with van der Waals surface area (Å²) in [5.41, 5.74) is 1.59. The van der Waals surface area contributed by atoms with E-state index in [0.717, 1.165) is 18.7 Å². The molecule has 23 heavy (non-hydrogen) atoms. The first kappa shape index (κ1) is 16.4. The van der Waals surface area contributed by atoms with Crippen LogP contribution in [0.25, 0.3) is 0 Å². The second kappa shape index (κ2) is 6.54. The van der Waals surface area contributed by atoms with Gasteiger partial charge in [-0.1, -0.05) is 18.2 Å². The Morgan fingerprint density at radius 2 is 1.91 bits per heavy atom. The zero-order valence-electron chi connectivity index (χ0n) is 12.7. The number of ether oxygens (including phenoxy) is 1. The first-order chi connectivity index (χ1) is 10.9. The first-order valence-corrected chi connectivity index (χ1v) is 9.01. The fraction of sp³-hybridized carbons (Fsp3) is 0.533. The maximum Gasteiger partial charge on any atom is 0.307 e. The molecule has 0 bridgehead atoms. The average Bonchev–Trinajstić information content (AvgIpc) is 2.91. The van der Waals surface area contributed by atoms with E-state index >= 15 is 0 Å². The minimum Gasteiger partial charge on any atom is -0.379 e. The van der Waals surface area contributed by atoms with Crippen molar-refractivity contribution < 1.29 is 21.8 Å². The monoisotopic (exact) mass is 342 g/mol. The Morgan fingerprint density at radius 3 is 2.57 bits per heavy atom. The molecule has 1 unspecified atom stereocenters. The second-order valence-corrected chi connectivity index (χ2v) is 7.44. The lowest BCUT2D eigenvalue weighted by atomic mass is 10.1. The molecule has 2 heterocycles. The molecule has 8 heteroatoms. The third kappa shape index (κ3) is 3.70. The summed E-state index contributed by atoms with van der Waals surface area (Å²) in [4.78, 5) is 15.7. The van der Waals surface area contributed by atoms with Crippen LogP contribution >= 0.6 is 0 Å². The lowest BCUT2D eigenvalue weighted by molar-refractivity contribution is -0.117. The summed E-state index contributed by atoms with van der Waals surface area (Å²) in [6.07, 6.45) is -0.301. The number of benzene rings is 1. The van der Waals surface area contributed by atoms with Crippen LogP contribution in [-0.2, 0) is 26.3 Å². The van der Waals surface area contributed by atoms with Crippen molar-refractivity contribution in [2.24, 2.45) is 0 Å². The summed E-state index contributed by atoms with van der Waals surface area (Å²) in [7, 11) is -4.71. The molecular weight excluding hydrogens is 323 g/mol. The van der Waals surface area contributed by atoms with Gasteiger partial charge in [-0.15, -0.1) is 3.89 Å². The molecule has 2 aliphatic rings. The predicted molar refractivity (Wildman–Crippen MR) is 83.3 cm³/mol. The summed E-state index contributed by atoms with van der Waals surface area (Å²) in [6, 6.07) is 7.36. The van der Waals surface area contributed by atoms with Gasteiger partial charge in [0, 0.05) is 38.3 Å². The lowest BCUT2D eigenvalue weighted by Gasteiger charge is -2.28. The molecule has 1 amide bonds. The number of para-hydroxylation sites is 1. The van der Waals surface area contributed by atoms with E-state index in [1.54, 1.807) is 12.1 Å². The van der Waals surface area contributed by atoms with Gasteiger partial charge in [-0.05, 0) is 11.6 Å². The van der Waals surface area contributed by atoms with Gasteiger partial charge in [-0.2, -0.15) is 8.42 Å². The molecular formula is C15H19FN2O4S. The Kier molecular flexibility index (Phi) is 4.65. The number of morpholine rings is 1. The number of hydrogen-bond donors (Lipinski definition) is 0. The van der Waals surface area contributed by atoms with Crippen LogP contribution in [0.2, 0.25) is 0 Å². The van der Waals surface area contributed by atoms with E-state index in [1.807, 2.05) is 12.1 Å². The molecule has 0 radical (unpaired) electrons. The summed E-state index contributed by atoms with van der Waals surface area (Å²) in [6.45, 7) is 3.49. The SMILES string of the molecule is O=C1CC(S(=O)(=O)F)CN1c1ccccc1CN1CCOCC1. The van der Waals surface area contributed by atoms with Crippen LogP contribution in [0.3, 0.4) is 0 Å². The first-order valence-electron chi connectivity index (χ1n) is 7.57. The zero-order chi connectivity index (χ0) is 16.4. The van der Waals surface area contributed by atoms with Crippen molar-refractivity contribution in [2.75, 3.05) is 37.7 Å². The third-order valence-corrected chi connectivity index (χ3v) is 5.38. The van der Waals surface area contributed by atoms with Crippen LogP contribution in [0.15, 0.2) is 24.3 Å². The summed E-state index contributed by atoms with van der Waals surface area (Å²) >= 11 is 0. The molecule has 1 aromatic carbocycles. The highest BCUT2D eigenvalue weighted by Gasteiger charge is 2.39. The van der Waals surface area contributed by atoms with Gasteiger partial charge in [0.15, 0.2) is 0 Å². The maximum absolute atomic E-state index is 13.2. The van der Waals surface area contributed by atoms with Crippen LogP contribution in [-0.4, -0.2) is 57.3 Å². The molecule has 2 saturated heterocycles. The Bertz CT molecular complexity index is 688. The topological polar surface area (TPSA) is 66.9 Å². The standard InChI is InChI=1S/C15H19FN2O4S/c16-23(20,21)13-9-15(19)18(11-13)14-4-2-1-3-12(14)10-17-5-7-22-8-6-17/h1-4,13H,5-11H2. The number of nitrogens with zero attached hydrogens (tertiary/aromatic N) is 2. The number of anilines is 1. The normalized spacial score (nSPS) is 23.4. The van der Waals surface area contributed by atoms with Crippen LogP contribution in [0.1, 0.15) is 12.0 Å². The molecule has 0 aromatic heterocycles. The van der Waals surface area contributed by atoms with Crippen molar-refractivity contribution in [3.63, 3.8) is 0 Å². The lowest BCUT2D eigenvalue weighted by Crippen LogP contribution is -2.36. The van der Waals surface area contributed by atoms with Crippen LogP contribution in [0.4, 0.5) is 9.57 Å². The number of hydrogen-bond acceptors (Lipinski definition) is 5. The van der Waals surface area contributed by atoms with Gasteiger partial charge in [-0.25, -0.2) is 0 Å². The fourth-order valence-corrected chi connectivity index (χ4v) is 3.67. The average molecular weight is 342 g/mol. The van der Waals surface area contributed by atoms with E-state index in [2.05, 4.69) is 4.90 Å². The molecule has 0 saturated carbocycles. The quantitative estimate of drug-likeness (QED) is 0.762. The molecule has 126 valence electrons. The van der Waals surface area contributed by atoms with E-state index < -0.39 is 15.5 Å². The van der Waals surface area contributed by atoms with E-state index in [1.165, 1.54) is 4.90 Å². The summed E-state index contributed by atoms with van der Waals surface area (Å²) in [5.74, 6) is -0.356. The highest BCUT2D eigenvalue weighted by atomic mass is 32.3. The molecule has 0 aliphatic carbocycles. The van der Waals surface area contributed by atoms with Gasteiger partial charge in [0.05, 0.1) is 13.2 Å². The second-order valence-electron chi connectivity index (χ2n) is 5.82. The molecule has 2 aliphatic heterocycles. The van der Waals surface area contributed by atoms with Crippen molar-refractivity contribution >= 4 is 21.8 Å². The summed E-state index contributed by atoms with van der Waals surface area (Å²) in [5, 5.41) is -1.27. The molecule has 3 rings (SSSR count). The van der Waals surface area contributed by atoms with Crippen molar-refractivity contribution in [1.29, 1.82) is 0 Å². The Morgan fingerprint density at radius 1 is 1.22 bits per heavy atom. The minimum atomic E-state index is -4.71. The van der Waals surface area contributed by atoms with E-state index in [9.17, 15) is 17.1 Å². The van der Waals surface area contributed by atoms with E-state index in [4.69, 9.17) is 4.74 Å². The van der Waals surface area contributed by atoms with Crippen molar-refractivity contribution in [1.82, 2.24) is 4.90 Å². The molecule has 0 N–H and O–H groups in total. The van der Waals surface area contributed by atoms with Gasteiger partial charge in [0.1, 0.15) is 5.25 Å². The largest absolute Gasteiger partial charge is 0.379 e. The maximum atomic E-state index is 13.2. The number of carbonyl (C=O) groups excluding carboxylic acids is 1. The number of amides is 1. The molecule has 1 aromatic rings. The zero-order valence-corrected chi connectivity index (χ0v) is 13.5. The fourth-order valence-electron chi connectivity index (χ4n) is 3.00. The number of carbonyl (C=O) groups is 1. The highest BCUT2D eigenvalue weighted by Crippen LogP contribution is 2.29. The van der Waals surface area contributed by atoms with Gasteiger partial charge in [0.25, 0.3) is 0 Å². The number of halogens is 1. The number of rotatable bonds is 4. The molecule has 0 spiro atoms. The molecule has 2 fully saturated rings. The van der Waals surface area contributed by atoms with E-state index in [-0.39, 0.29) is 18.9 Å². The third-order valence-electron chi connectivity index (χ3n) is 4.27. The Hall–Kier alpha value is -1.51. The minimum absolute atomic E-state index is 0.127. The Balaban J connectivity index is 1.81. The highest BCUT2D eigenvalue weighted by molar-refractivity contribution is 7.87. The van der Waals surface area contributed by atoms with Crippen molar-refractivity contribution in [2.45, 2.75) is 18.2 Å². The van der Waals surface area contributed by atoms with Gasteiger partial charge >= 0.3 is 10.2 Å². The van der Waals surface area contributed by atoms with Gasteiger partial charge in [-0.3, -0.25) is 9.69 Å². The predicted octanol–water partition coefficient (Wildman–Crippen LogP) is 0.923. The van der Waals surface area contributed by atoms with Crippen molar-refractivity contribution in [3.8, 4) is 0 Å². The van der Waals surface area contributed by atoms with Crippen LogP contribution < -0.4 is 4.90 Å². The van der Waals surface area contributed by atoms with Crippen LogP contribution in [0.5, 0.6) is 0 Å². The molecule has 1 atom stereocenters. The summed E-state index contributed by atoms with van der Waals surface area (Å²) < 4.78 is 40.7.